The molecule has 0 aromatic rings. The van der Waals surface area contributed by atoms with Crippen molar-refractivity contribution in [2.24, 2.45) is 16.7 Å². The van der Waals surface area contributed by atoms with E-state index in [2.05, 4.69) is 10.5 Å². The van der Waals surface area contributed by atoms with E-state index in [1.807, 2.05) is 0 Å². The van der Waals surface area contributed by atoms with E-state index in [1.165, 1.54) is 6.08 Å². The number of halogens is 3. The first-order valence-electron chi connectivity index (χ1n) is 2.84. The van der Waals surface area contributed by atoms with Gasteiger partial charge in [0.25, 0.3) is 0 Å². The van der Waals surface area contributed by atoms with Gasteiger partial charge in [0, 0.05) is 6.08 Å². The molecule has 0 spiro atoms. The lowest BCUT2D eigenvalue weighted by atomic mass is 10.4. The topological polar surface area (TPSA) is 79.7 Å². The van der Waals surface area contributed by atoms with Crippen molar-refractivity contribution in [3.8, 4) is 0 Å². The fourth-order valence-corrected chi connectivity index (χ4v) is 0.917. The zero-order valence-corrected chi connectivity index (χ0v) is 8.03. The highest BCUT2D eigenvalue weighted by Crippen LogP contribution is 2.33. The highest BCUT2D eigenvalue weighted by Gasteiger charge is 2.29. The van der Waals surface area contributed by atoms with Crippen molar-refractivity contribution in [1.29, 1.82) is 0 Å². The van der Waals surface area contributed by atoms with Gasteiger partial charge in [0.1, 0.15) is 5.84 Å². The van der Waals surface area contributed by atoms with Gasteiger partial charge >= 0.3 is 0 Å². The summed E-state index contributed by atoms with van der Waals surface area (Å²) in [6.45, 7) is 0. The molecule has 0 unspecified atom stereocenters. The van der Waals surface area contributed by atoms with Gasteiger partial charge in [0.05, 0.1) is 5.70 Å². The summed E-state index contributed by atoms with van der Waals surface area (Å²) in [4.78, 5) is 0. The minimum atomic E-state index is -1.59. The van der Waals surface area contributed by atoms with Crippen molar-refractivity contribution in [2.75, 3.05) is 0 Å². The molecule has 0 saturated carbocycles. The quantitative estimate of drug-likeness (QED) is 0.410. The molecule has 0 fully saturated rings. The van der Waals surface area contributed by atoms with Crippen LogP contribution in [0.15, 0.2) is 16.9 Å². The minimum absolute atomic E-state index is 0.164. The first-order chi connectivity index (χ1) is 5.39. The summed E-state index contributed by atoms with van der Waals surface area (Å²) in [5.41, 5.74) is 8.10. The number of alkyl halides is 3. The summed E-state index contributed by atoms with van der Waals surface area (Å²) >= 11 is 16.6. The number of hydrazine groups is 2. The predicted molar refractivity (Wildman–Crippen MR) is 49.2 cm³/mol. The third-order valence-corrected chi connectivity index (χ3v) is 1.67. The number of nitrogens with zero attached hydrogens (tertiary/aromatic N) is 2. The van der Waals surface area contributed by atoms with Gasteiger partial charge in [-0.2, -0.15) is 0 Å². The van der Waals surface area contributed by atoms with Crippen LogP contribution >= 0.6 is 34.8 Å². The molecule has 0 radical (unpaired) electrons. The minimum Gasteiger partial charge on any atom is -0.382 e. The van der Waals surface area contributed by atoms with Gasteiger partial charge in [-0.3, -0.25) is 5.43 Å². The van der Waals surface area contributed by atoms with Gasteiger partial charge in [-0.15, -0.1) is 10.3 Å². The standard InChI is InChI=1S/C4H6Cl3N5/c5-4(6,7)2-1-3(8)11-12(9)10-2/h1,10H,9H2,(H2,8,11). The summed E-state index contributed by atoms with van der Waals surface area (Å²) < 4.78 is -1.59. The van der Waals surface area contributed by atoms with E-state index in [0.717, 1.165) is 5.23 Å². The van der Waals surface area contributed by atoms with Crippen LogP contribution in [0.3, 0.4) is 0 Å². The summed E-state index contributed by atoms with van der Waals surface area (Å²) in [5.74, 6) is 5.41. The van der Waals surface area contributed by atoms with E-state index in [0.29, 0.717) is 0 Å². The number of allylic oxidation sites excluding steroid dienone is 1. The maximum atomic E-state index is 5.55. The Morgan fingerprint density at radius 3 is 2.50 bits per heavy atom. The maximum Gasteiger partial charge on any atom is 0.232 e. The summed E-state index contributed by atoms with van der Waals surface area (Å²) in [6.07, 6.45) is 1.39. The van der Waals surface area contributed by atoms with Gasteiger partial charge in [-0.1, -0.05) is 34.8 Å². The lowest BCUT2D eigenvalue weighted by molar-refractivity contribution is 0.223. The van der Waals surface area contributed by atoms with Crippen LogP contribution in [0.4, 0.5) is 0 Å². The van der Waals surface area contributed by atoms with Crippen LogP contribution < -0.4 is 17.0 Å². The average Bonchev–Trinajstić information content (AvgIpc) is 1.82. The molecule has 0 amide bonds. The highest BCUT2D eigenvalue weighted by atomic mass is 35.6. The lowest BCUT2D eigenvalue weighted by Crippen LogP contribution is -2.46. The van der Waals surface area contributed by atoms with Gasteiger partial charge < -0.3 is 5.73 Å². The average molecular weight is 230 g/mol. The molecule has 68 valence electrons. The van der Waals surface area contributed by atoms with E-state index >= 15 is 0 Å². The third-order valence-electron chi connectivity index (χ3n) is 1.06. The molecule has 1 heterocycles. The molecule has 5 N–H and O–H groups in total. The molecule has 12 heavy (non-hydrogen) atoms. The molecule has 5 nitrogen and oxygen atoms in total. The number of nitrogens with one attached hydrogen (secondary N) is 1. The van der Waals surface area contributed by atoms with Crippen LogP contribution in [0.1, 0.15) is 0 Å². The molecular formula is C4H6Cl3N5. The normalized spacial score (nSPS) is 18.2. The maximum absolute atomic E-state index is 5.55. The first-order valence-corrected chi connectivity index (χ1v) is 3.97. The molecule has 0 aromatic carbocycles. The number of hydrazone groups is 1. The van der Waals surface area contributed by atoms with E-state index in [1.54, 1.807) is 0 Å². The molecule has 0 aromatic heterocycles. The Bertz CT molecular complexity index is 242. The van der Waals surface area contributed by atoms with Crippen molar-refractivity contribution in [3.05, 3.63) is 11.8 Å². The zero-order chi connectivity index (χ0) is 9.35. The van der Waals surface area contributed by atoms with E-state index in [9.17, 15) is 0 Å². The van der Waals surface area contributed by atoms with Crippen molar-refractivity contribution in [1.82, 2.24) is 10.7 Å². The van der Waals surface area contributed by atoms with E-state index < -0.39 is 3.79 Å². The molecule has 0 atom stereocenters. The molecule has 0 saturated heterocycles. The fraction of sp³-hybridized carbons (Fsp3) is 0.250. The second-order valence-corrected chi connectivity index (χ2v) is 4.32. The van der Waals surface area contributed by atoms with Crippen LogP contribution in [0.5, 0.6) is 0 Å². The number of hydrogen-bond donors (Lipinski definition) is 3. The summed E-state index contributed by atoms with van der Waals surface area (Å²) in [6, 6.07) is 0. The van der Waals surface area contributed by atoms with E-state index in [-0.39, 0.29) is 11.5 Å². The van der Waals surface area contributed by atoms with Gasteiger partial charge in [-0.05, 0) is 0 Å². The van der Waals surface area contributed by atoms with Gasteiger partial charge in [-0.25, -0.2) is 5.84 Å². The molecule has 1 rings (SSSR count). The Labute approximate surface area is 83.8 Å². The monoisotopic (exact) mass is 229 g/mol. The number of hydrogen-bond acceptors (Lipinski definition) is 5. The van der Waals surface area contributed by atoms with Crippen LogP contribution in [-0.2, 0) is 0 Å². The molecule has 0 aliphatic carbocycles. The Balaban J connectivity index is 2.87. The highest BCUT2D eigenvalue weighted by molar-refractivity contribution is 6.69. The van der Waals surface area contributed by atoms with Gasteiger partial charge in [0.15, 0.2) is 0 Å². The van der Waals surface area contributed by atoms with Crippen molar-refractivity contribution in [2.45, 2.75) is 3.79 Å². The van der Waals surface area contributed by atoms with Crippen molar-refractivity contribution in [3.63, 3.8) is 0 Å². The van der Waals surface area contributed by atoms with E-state index in [4.69, 9.17) is 46.4 Å². The molecule has 8 heteroatoms. The summed E-state index contributed by atoms with van der Waals surface area (Å²) in [5, 5.41) is 4.46. The molecule has 1 aliphatic heterocycles. The van der Waals surface area contributed by atoms with Crippen LogP contribution in [0.25, 0.3) is 0 Å². The summed E-state index contributed by atoms with van der Waals surface area (Å²) in [7, 11) is 0. The zero-order valence-electron chi connectivity index (χ0n) is 5.76. The van der Waals surface area contributed by atoms with Crippen molar-refractivity contribution < 1.29 is 0 Å². The van der Waals surface area contributed by atoms with Crippen LogP contribution in [0.2, 0.25) is 0 Å². The number of nitrogens with two attached hydrogens (primary N) is 2. The second-order valence-electron chi connectivity index (χ2n) is 2.04. The number of rotatable bonds is 0. The Hall–Kier alpha value is -0.360. The predicted octanol–water partition coefficient (Wildman–Crippen LogP) is 0.207. The fourth-order valence-electron chi connectivity index (χ4n) is 0.627. The van der Waals surface area contributed by atoms with Crippen LogP contribution in [0, 0.1) is 0 Å². The van der Waals surface area contributed by atoms with Crippen LogP contribution in [-0.4, -0.2) is 14.9 Å². The van der Waals surface area contributed by atoms with Gasteiger partial charge in [0.2, 0.25) is 3.79 Å². The first kappa shape index (κ1) is 9.73. The smallest absolute Gasteiger partial charge is 0.232 e. The molecule has 0 bridgehead atoms. The SMILES string of the molecule is NC1=NN(N)NC(C(Cl)(Cl)Cl)=C1. The Kier molecular flexibility index (Phi) is 2.58. The number of amidine groups is 1. The largest absolute Gasteiger partial charge is 0.382 e. The van der Waals surface area contributed by atoms with Crippen molar-refractivity contribution >= 4 is 40.6 Å². The Morgan fingerprint density at radius 1 is 1.50 bits per heavy atom. The molecule has 1 aliphatic rings. The lowest BCUT2D eigenvalue weighted by Gasteiger charge is -2.25. The third kappa shape index (κ3) is 2.31. The molecular weight excluding hydrogens is 224 g/mol. The second kappa shape index (κ2) is 3.18. The Morgan fingerprint density at radius 2 is 2.08 bits per heavy atom.